The number of ketones is 2. The lowest BCUT2D eigenvalue weighted by Gasteiger charge is -2.62. The van der Waals surface area contributed by atoms with Gasteiger partial charge in [0.25, 0.3) is 0 Å². The number of thiophene rings is 1. The SMILES string of the molecule is COc1c(OC(=O)Cc2ccc(CC(=O)Oc3ccc4c5c3O[C@H]3C(=O)CC[C@@]6(O)[C@@H](C4)N(CC4CC4)CC[C@]536)s2)ccc(C)c1[C@]12CCN(CC3CC3)[C@H](C)[C@]1(O)CCC(=O)[C@@H]2C. The summed E-state index contributed by atoms with van der Waals surface area (Å²) in [5.41, 5.74) is -0.600. The Bertz CT molecular complexity index is 2460. The number of hydrogen-bond acceptors (Lipinski definition) is 13. The normalized spacial score (nSPS) is 34.2. The number of likely N-dealkylation sites (tertiary alicyclic amines) is 2. The maximum atomic E-state index is 13.7. The predicted molar refractivity (Wildman–Crippen MR) is 237 cm³/mol. The van der Waals surface area contributed by atoms with Crippen molar-refractivity contribution in [3.05, 3.63) is 68.4 Å². The third-order valence-corrected chi connectivity index (χ3v) is 18.4. The van der Waals surface area contributed by atoms with Crippen molar-refractivity contribution in [2.24, 2.45) is 17.8 Å². The first-order chi connectivity index (χ1) is 30.7. The summed E-state index contributed by atoms with van der Waals surface area (Å²) in [6.07, 6.45) is 7.17. The van der Waals surface area contributed by atoms with Gasteiger partial charge in [0.05, 0.1) is 36.6 Å². The molecule has 2 bridgehead atoms. The smallest absolute Gasteiger partial charge is 0.316 e. The summed E-state index contributed by atoms with van der Waals surface area (Å²) in [5, 5.41) is 25.5. The molecule has 64 heavy (non-hydrogen) atoms. The van der Waals surface area contributed by atoms with Gasteiger partial charge in [0, 0.05) is 70.2 Å². The fraction of sp³-hybridized carbons (Fsp3) is 0.608. The maximum absolute atomic E-state index is 13.7. The largest absolute Gasteiger partial charge is 0.493 e. The number of Topliss-reactive ketones (excluding diaryl/α,β-unsaturated/α-hetero) is 2. The van der Waals surface area contributed by atoms with E-state index in [-0.39, 0.29) is 54.4 Å². The molecule has 2 N–H and O–H groups in total. The van der Waals surface area contributed by atoms with Gasteiger partial charge in [-0.3, -0.25) is 29.0 Å². The van der Waals surface area contributed by atoms with Gasteiger partial charge in [0.15, 0.2) is 34.9 Å². The fourth-order valence-corrected chi connectivity index (χ4v) is 14.7. The van der Waals surface area contributed by atoms with Crippen molar-refractivity contribution in [3.63, 3.8) is 0 Å². The summed E-state index contributed by atoms with van der Waals surface area (Å²) in [4.78, 5) is 60.7. The van der Waals surface area contributed by atoms with Crippen LogP contribution in [0.2, 0.25) is 0 Å². The van der Waals surface area contributed by atoms with E-state index in [1.165, 1.54) is 37.0 Å². The lowest BCUT2D eigenvalue weighted by atomic mass is 9.49. The van der Waals surface area contributed by atoms with Crippen molar-refractivity contribution in [1.82, 2.24) is 9.80 Å². The van der Waals surface area contributed by atoms with Crippen LogP contribution in [0.1, 0.15) is 110 Å². The van der Waals surface area contributed by atoms with Gasteiger partial charge in [0.1, 0.15) is 5.78 Å². The first-order valence-corrected chi connectivity index (χ1v) is 24.5. The van der Waals surface area contributed by atoms with Crippen LogP contribution in [0.4, 0.5) is 0 Å². The average Bonchev–Trinajstić information content (AvgIpc) is 4.19. The lowest BCUT2D eigenvalue weighted by Crippen LogP contribution is -2.76. The number of fused-ring (bicyclic) bond motifs is 1. The Morgan fingerprint density at radius 3 is 2.06 bits per heavy atom. The Kier molecular flexibility index (Phi) is 10.1. The molecule has 13 heteroatoms. The highest BCUT2D eigenvalue weighted by Gasteiger charge is 2.73. The monoisotopic (exact) mass is 892 g/mol. The zero-order chi connectivity index (χ0) is 44.5. The summed E-state index contributed by atoms with van der Waals surface area (Å²) >= 11 is 1.32. The van der Waals surface area contributed by atoms with Crippen LogP contribution in [0.25, 0.3) is 0 Å². The Morgan fingerprint density at radius 2 is 1.38 bits per heavy atom. The average molecular weight is 893 g/mol. The van der Waals surface area contributed by atoms with Crippen molar-refractivity contribution < 1.29 is 48.3 Å². The molecule has 1 spiro atoms. The maximum Gasteiger partial charge on any atom is 0.316 e. The second-order valence-electron chi connectivity index (χ2n) is 20.6. The molecule has 2 saturated heterocycles. The van der Waals surface area contributed by atoms with Crippen molar-refractivity contribution in [1.29, 1.82) is 0 Å². The van der Waals surface area contributed by atoms with Crippen LogP contribution in [0, 0.1) is 24.7 Å². The van der Waals surface area contributed by atoms with Crippen LogP contribution in [0.5, 0.6) is 23.0 Å². The zero-order valence-electron chi connectivity index (χ0n) is 37.4. The molecule has 6 fully saturated rings. The van der Waals surface area contributed by atoms with Gasteiger partial charge in [-0.05, 0) is 132 Å². The molecule has 3 aliphatic heterocycles. The van der Waals surface area contributed by atoms with Crippen molar-refractivity contribution >= 4 is 34.8 Å². The molecule has 11 rings (SSSR count). The van der Waals surface area contributed by atoms with Crippen LogP contribution < -0.4 is 18.9 Å². The van der Waals surface area contributed by atoms with Crippen molar-refractivity contribution in [3.8, 4) is 23.0 Å². The van der Waals surface area contributed by atoms with E-state index in [1.807, 2.05) is 32.0 Å². The number of aryl methyl sites for hydroxylation is 1. The first-order valence-electron chi connectivity index (χ1n) is 23.7. The van der Waals surface area contributed by atoms with Gasteiger partial charge in [-0.1, -0.05) is 19.1 Å². The number of benzene rings is 2. The summed E-state index contributed by atoms with van der Waals surface area (Å²) in [5.74, 6) is 1.24. The van der Waals surface area contributed by atoms with Gasteiger partial charge >= 0.3 is 11.9 Å². The molecule has 0 radical (unpaired) electrons. The van der Waals surface area contributed by atoms with E-state index < -0.39 is 46.0 Å². The number of carbonyl (C=O) groups excluding carboxylic acids is 4. The van der Waals surface area contributed by atoms with E-state index in [0.29, 0.717) is 71.6 Å². The molecular weight excluding hydrogens is 833 g/mol. The molecule has 0 amide bonds. The summed E-state index contributed by atoms with van der Waals surface area (Å²) in [7, 11) is 1.54. The Balaban J connectivity index is 0.796. The highest BCUT2D eigenvalue weighted by Crippen LogP contribution is 2.65. The first kappa shape index (κ1) is 42.5. The van der Waals surface area contributed by atoms with Crippen molar-refractivity contribution in [2.45, 2.75) is 144 Å². The quantitative estimate of drug-likeness (QED) is 0.163. The number of esters is 2. The molecule has 0 unspecified atom stereocenters. The topological polar surface area (TPSA) is 152 Å². The minimum absolute atomic E-state index is 0.0113. The van der Waals surface area contributed by atoms with Gasteiger partial charge in [0.2, 0.25) is 0 Å². The molecule has 340 valence electrons. The minimum atomic E-state index is -1.20. The number of carbonyl (C=O) groups is 4. The molecule has 5 aliphatic carbocycles. The second kappa shape index (κ2) is 15.2. The van der Waals surface area contributed by atoms with E-state index in [9.17, 15) is 29.4 Å². The molecule has 2 aromatic carbocycles. The van der Waals surface area contributed by atoms with Crippen LogP contribution in [-0.2, 0) is 49.3 Å². The summed E-state index contributed by atoms with van der Waals surface area (Å²) < 4.78 is 24.7. The fourth-order valence-electron chi connectivity index (χ4n) is 13.7. The number of rotatable bonds is 12. The van der Waals surface area contributed by atoms with Crippen LogP contribution in [0.15, 0.2) is 36.4 Å². The molecule has 4 heterocycles. The van der Waals surface area contributed by atoms with E-state index in [4.69, 9.17) is 18.9 Å². The highest BCUT2D eigenvalue weighted by atomic mass is 32.1. The van der Waals surface area contributed by atoms with E-state index in [2.05, 4.69) is 16.7 Å². The predicted octanol–water partition coefficient (Wildman–Crippen LogP) is 5.97. The zero-order valence-corrected chi connectivity index (χ0v) is 38.2. The molecule has 12 nitrogen and oxygen atoms in total. The van der Waals surface area contributed by atoms with Gasteiger partial charge in [-0.2, -0.15) is 0 Å². The van der Waals surface area contributed by atoms with Gasteiger partial charge < -0.3 is 29.2 Å². The van der Waals surface area contributed by atoms with Crippen LogP contribution in [-0.4, -0.2) is 106 Å². The molecule has 8 atom stereocenters. The van der Waals surface area contributed by atoms with Crippen LogP contribution >= 0.6 is 11.3 Å². The number of ether oxygens (including phenoxy) is 4. The number of nitrogens with zero attached hydrogens (tertiary/aromatic N) is 2. The Labute approximate surface area is 378 Å². The van der Waals surface area contributed by atoms with E-state index in [0.717, 1.165) is 48.4 Å². The lowest BCUT2D eigenvalue weighted by molar-refractivity contribution is -0.188. The standard InChI is InChI=1S/C51H60N2O10S/c1-28-5-13-38(45(60-4)43(28)48-19-21-52(26-31-6-7-31)30(3)50(48,58)17-15-36(54)29(48)2)61-41(56)24-34-11-12-35(64-34)25-42(57)62-39-14-10-33-23-40-51(59)18-16-37(55)47-49(51,44(33)46(39)63-47)20-22-53(40)27-32-8-9-32/h5,10-14,29-32,40,47,58-59H,6-9,15-27H2,1-4H3/t29-,30+,40+,47-,48+,49-,50+,51+/m0/s1. The Morgan fingerprint density at radius 1 is 0.766 bits per heavy atom. The van der Waals surface area contributed by atoms with E-state index in [1.54, 1.807) is 25.3 Å². The number of piperidine rings is 2. The van der Waals surface area contributed by atoms with Gasteiger partial charge in [-0.25, -0.2) is 0 Å². The number of methoxy groups -OCH3 is 1. The summed E-state index contributed by atoms with van der Waals surface area (Å²) in [6, 6.07) is 10.7. The molecule has 3 aromatic rings. The van der Waals surface area contributed by atoms with Gasteiger partial charge in [-0.15, -0.1) is 11.3 Å². The molecule has 8 aliphatic rings. The molecular formula is C51H60N2O10S. The third kappa shape index (κ3) is 6.26. The minimum Gasteiger partial charge on any atom is -0.493 e. The van der Waals surface area contributed by atoms with Crippen LogP contribution in [0.3, 0.4) is 0 Å². The Hall–Kier alpha value is -4.14. The van der Waals surface area contributed by atoms with E-state index >= 15 is 0 Å². The third-order valence-electron chi connectivity index (χ3n) is 17.3. The second-order valence-corrected chi connectivity index (χ2v) is 21.9. The summed E-state index contributed by atoms with van der Waals surface area (Å²) in [6.45, 7) is 9.46. The number of aliphatic hydroxyl groups is 2. The highest BCUT2D eigenvalue weighted by molar-refractivity contribution is 7.12. The molecule has 4 saturated carbocycles. The molecule has 1 aromatic heterocycles. The number of hydrogen-bond donors (Lipinski definition) is 2. The van der Waals surface area contributed by atoms with Crippen molar-refractivity contribution in [2.75, 3.05) is 33.3 Å².